The zero-order valence-corrected chi connectivity index (χ0v) is 41.3. The molecule has 0 aliphatic carbocycles. The molecule has 1 amide bonds. The highest BCUT2D eigenvalue weighted by atomic mass is 35.5. The second kappa shape index (κ2) is 29.1. The van der Waals surface area contributed by atoms with Crippen molar-refractivity contribution in [1.29, 1.82) is 0 Å². The molecule has 0 saturated carbocycles. The molecule has 0 saturated heterocycles. The van der Waals surface area contributed by atoms with Crippen molar-refractivity contribution in [2.24, 2.45) is 34.1 Å². The van der Waals surface area contributed by atoms with Crippen LogP contribution < -0.4 is 14.2 Å². The summed E-state index contributed by atoms with van der Waals surface area (Å²) in [4.78, 5) is 20.4. The predicted octanol–water partition coefficient (Wildman–Crippen LogP) is 15.3. The number of halogens is 4. The smallest absolute Gasteiger partial charge is 0.421 e. The number of aryl methyl sites for hydroxylation is 2. The lowest BCUT2D eigenvalue weighted by Crippen LogP contribution is -2.28. The van der Waals surface area contributed by atoms with Crippen LogP contribution in [0.5, 0.6) is 17.4 Å². The summed E-state index contributed by atoms with van der Waals surface area (Å²) in [5, 5.41) is 0.883. The van der Waals surface area contributed by atoms with Crippen molar-refractivity contribution in [1.82, 2.24) is 4.98 Å². The summed E-state index contributed by atoms with van der Waals surface area (Å²) in [5.74, 6) is 3.21. The molecule has 4 rings (SSSR count). The molecule has 0 unspecified atom stereocenters. The van der Waals surface area contributed by atoms with E-state index in [-0.39, 0.29) is 29.7 Å². The first-order valence-electron chi connectivity index (χ1n) is 22.3. The van der Waals surface area contributed by atoms with Crippen LogP contribution in [0, 0.1) is 36.0 Å². The van der Waals surface area contributed by atoms with Crippen LogP contribution in [0.1, 0.15) is 130 Å². The zero-order valence-electron chi connectivity index (χ0n) is 40.6. The molecule has 0 aliphatic heterocycles. The first-order chi connectivity index (χ1) is 29.5. The van der Waals surface area contributed by atoms with E-state index in [1.54, 1.807) is 14.2 Å². The Labute approximate surface area is 383 Å². The van der Waals surface area contributed by atoms with Gasteiger partial charge in [-0.2, -0.15) is 13.2 Å². The molecule has 350 valence electrons. The van der Waals surface area contributed by atoms with Crippen LogP contribution in [0.25, 0.3) is 0 Å². The van der Waals surface area contributed by atoms with Gasteiger partial charge in [0.2, 0.25) is 11.8 Å². The third-order valence-corrected chi connectivity index (χ3v) is 10.9. The van der Waals surface area contributed by atoms with E-state index in [1.807, 2.05) is 83.1 Å². The second-order valence-corrected chi connectivity index (χ2v) is 18.4. The number of carbonyl (C=O) groups is 1. The molecule has 0 spiro atoms. The minimum absolute atomic E-state index is 0.0731. The maximum absolute atomic E-state index is 12.7. The van der Waals surface area contributed by atoms with E-state index in [0.717, 1.165) is 71.0 Å². The van der Waals surface area contributed by atoms with E-state index >= 15 is 0 Å². The number of amides is 1. The van der Waals surface area contributed by atoms with Crippen molar-refractivity contribution in [3.8, 4) is 17.4 Å². The Morgan fingerprint density at radius 2 is 1.43 bits per heavy atom. The van der Waals surface area contributed by atoms with Crippen LogP contribution in [0.2, 0.25) is 5.02 Å². The molecule has 1 aromatic heterocycles. The van der Waals surface area contributed by atoms with Gasteiger partial charge in [-0.15, -0.1) is 0 Å². The van der Waals surface area contributed by atoms with Crippen molar-refractivity contribution in [2.45, 2.75) is 134 Å². The highest BCUT2D eigenvalue weighted by Crippen LogP contribution is 2.36. The van der Waals surface area contributed by atoms with Crippen LogP contribution in [0.3, 0.4) is 0 Å². The molecule has 0 radical (unpaired) electrons. The Balaban J connectivity index is 0.000000473. The predicted molar refractivity (Wildman–Crippen MR) is 258 cm³/mol. The highest BCUT2D eigenvalue weighted by molar-refractivity contribution is 6.31. The van der Waals surface area contributed by atoms with E-state index < -0.39 is 11.7 Å². The fourth-order valence-electron chi connectivity index (χ4n) is 5.91. The first kappa shape index (κ1) is 56.6. The van der Waals surface area contributed by atoms with Crippen molar-refractivity contribution in [3.63, 3.8) is 0 Å². The average Bonchev–Trinajstić information content (AvgIpc) is 3.21. The van der Waals surface area contributed by atoms with Crippen LogP contribution in [-0.2, 0) is 30.2 Å². The van der Waals surface area contributed by atoms with Gasteiger partial charge in [-0.05, 0) is 109 Å². The number of aliphatic imine (C=N–C) groups is 1. The first-order valence-corrected chi connectivity index (χ1v) is 22.7. The standard InChI is InChI=1S/C23H29NO3.C13H18F3NO.C11H15Cl.C6H14/c1-17(2)20(24-23(25)16-18-9-6-5-7-10-18)12-8-11-19-13-14-21(26-3)22(15-19)27-4;1-9(2)12(3,4)8-18-11-10(13(14,15)16)6-5-7-17-11;1-8(2)6-10-5-4-9(3)11(12)7-10;1-4-5-6(2)3/h5-7,9-10,13-15,17H,8,11-12,16H2,1-4H3;5-7,9H,8H2,1-4H3;4-5,7-8H,6H2,1-3H3;6H,4-5H2,1-3H3. The van der Waals surface area contributed by atoms with E-state index in [1.165, 1.54) is 36.2 Å². The maximum atomic E-state index is 12.7. The molecule has 0 aliphatic rings. The largest absolute Gasteiger partial charge is 0.493 e. The average molecular weight is 898 g/mol. The number of carbonyl (C=O) groups excluding carboxylic acids is 1. The molecule has 0 fully saturated rings. The molecular weight excluding hydrogens is 821 g/mol. The third kappa shape index (κ3) is 23.2. The lowest BCUT2D eigenvalue weighted by molar-refractivity contribution is -0.139. The molecule has 10 heteroatoms. The van der Waals surface area contributed by atoms with Gasteiger partial charge in [0.05, 0.1) is 27.2 Å². The van der Waals surface area contributed by atoms with Gasteiger partial charge in [-0.25, -0.2) is 9.98 Å². The quantitative estimate of drug-likeness (QED) is 0.0988. The van der Waals surface area contributed by atoms with Crippen LogP contribution in [0.15, 0.2) is 90.1 Å². The molecule has 63 heavy (non-hydrogen) atoms. The lowest BCUT2D eigenvalue weighted by Gasteiger charge is -2.29. The van der Waals surface area contributed by atoms with E-state index in [9.17, 15) is 18.0 Å². The molecule has 1 heterocycles. The van der Waals surface area contributed by atoms with E-state index in [0.29, 0.717) is 18.3 Å². The number of aromatic nitrogens is 1. The lowest BCUT2D eigenvalue weighted by atomic mass is 9.82. The molecule has 6 nitrogen and oxygen atoms in total. The Kier molecular flexibility index (Phi) is 26.2. The van der Waals surface area contributed by atoms with Gasteiger partial charge in [-0.3, -0.25) is 4.79 Å². The molecule has 0 N–H and O–H groups in total. The third-order valence-electron chi connectivity index (χ3n) is 10.4. The molecule has 3 aromatic carbocycles. The molecular formula is C53H76ClF3N2O4. The number of ether oxygens (including phenoxy) is 3. The van der Waals surface area contributed by atoms with Gasteiger partial charge < -0.3 is 14.2 Å². The summed E-state index contributed by atoms with van der Waals surface area (Å²) in [6.07, 6.45) is 3.68. The van der Waals surface area contributed by atoms with Gasteiger partial charge in [0.25, 0.3) is 0 Å². The minimum atomic E-state index is -4.44. The topological polar surface area (TPSA) is 70.0 Å². The summed E-state index contributed by atoms with van der Waals surface area (Å²) in [5.41, 5.74) is 4.61. The number of methoxy groups -OCH3 is 2. The van der Waals surface area contributed by atoms with Crippen LogP contribution in [0.4, 0.5) is 13.2 Å². The number of benzene rings is 3. The number of rotatable bonds is 17. The van der Waals surface area contributed by atoms with Crippen molar-refractivity contribution >= 4 is 23.2 Å². The molecule has 4 aromatic rings. The van der Waals surface area contributed by atoms with Gasteiger partial charge in [-0.1, -0.05) is 149 Å². The highest BCUT2D eigenvalue weighted by Gasteiger charge is 2.35. The molecule has 0 atom stereocenters. The second-order valence-electron chi connectivity index (χ2n) is 18.0. The minimum Gasteiger partial charge on any atom is -0.493 e. The monoisotopic (exact) mass is 897 g/mol. The number of hydrogen-bond donors (Lipinski definition) is 0. The van der Waals surface area contributed by atoms with Crippen LogP contribution >= 0.6 is 11.6 Å². The van der Waals surface area contributed by atoms with E-state index in [2.05, 4.69) is 76.6 Å². The number of pyridine rings is 1. The summed E-state index contributed by atoms with van der Waals surface area (Å²) in [6, 6.07) is 24.3. The van der Waals surface area contributed by atoms with Gasteiger partial charge in [0, 0.05) is 22.3 Å². The van der Waals surface area contributed by atoms with Gasteiger partial charge in [0.15, 0.2) is 11.5 Å². The fourth-order valence-corrected chi connectivity index (χ4v) is 6.11. The Hall–Kier alpha value is -4.37. The Morgan fingerprint density at radius 1 is 0.794 bits per heavy atom. The summed E-state index contributed by atoms with van der Waals surface area (Å²) in [7, 11) is 3.28. The zero-order chi connectivity index (χ0) is 47.8. The Bertz CT molecular complexity index is 1930. The number of alkyl halides is 3. The number of hydrogen-bond acceptors (Lipinski definition) is 5. The fraction of sp³-hybridized carbons (Fsp3) is 0.528. The summed E-state index contributed by atoms with van der Waals surface area (Å²) < 4.78 is 54.0. The Morgan fingerprint density at radius 3 is 1.94 bits per heavy atom. The van der Waals surface area contributed by atoms with Crippen molar-refractivity contribution in [2.75, 3.05) is 20.8 Å². The van der Waals surface area contributed by atoms with Crippen molar-refractivity contribution in [3.05, 3.63) is 118 Å². The van der Waals surface area contributed by atoms with Crippen LogP contribution in [-0.4, -0.2) is 37.4 Å². The molecule has 0 bridgehead atoms. The summed E-state index contributed by atoms with van der Waals surface area (Å²) >= 11 is 6.00. The normalized spacial score (nSPS) is 11.6. The van der Waals surface area contributed by atoms with Crippen molar-refractivity contribution < 1.29 is 32.2 Å². The SMILES string of the molecule is CC(C)C(C)(C)COc1ncccc1C(F)(F)F.CCCC(C)C.COc1ccc(CCCC(=NC(=O)Cc2ccccc2)C(C)C)cc1OC.Cc1ccc(CC(C)C)cc1Cl. The maximum Gasteiger partial charge on any atom is 0.421 e. The van der Waals surface area contributed by atoms with Gasteiger partial charge in [0.1, 0.15) is 5.56 Å². The summed E-state index contributed by atoms with van der Waals surface area (Å²) in [6.45, 7) is 25.5. The van der Waals surface area contributed by atoms with Gasteiger partial charge >= 0.3 is 6.18 Å². The van der Waals surface area contributed by atoms with E-state index in [4.69, 9.17) is 25.8 Å². The number of nitrogens with zero attached hydrogens (tertiary/aromatic N) is 2.